The van der Waals surface area contributed by atoms with Crippen molar-refractivity contribution >= 4 is 27.5 Å². The molecule has 0 aliphatic carbocycles. The van der Waals surface area contributed by atoms with Crippen molar-refractivity contribution in [3.05, 3.63) is 95.6 Å². The van der Waals surface area contributed by atoms with E-state index in [1.165, 1.54) is 17.0 Å². The number of rotatable bonds is 12. The lowest BCUT2D eigenvalue weighted by molar-refractivity contribution is -0.140. The molecule has 1 atom stereocenters. The van der Waals surface area contributed by atoms with Crippen LogP contribution in [0.25, 0.3) is 0 Å². The summed E-state index contributed by atoms with van der Waals surface area (Å²) in [7, 11) is -4.07. The van der Waals surface area contributed by atoms with E-state index in [2.05, 4.69) is 19.2 Å². The zero-order valence-electron chi connectivity index (χ0n) is 23.4. The zero-order chi connectivity index (χ0) is 28.6. The predicted molar refractivity (Wildman–Crippen MR) is 156 cm³/mol. The fourth-order valence-corrected chi connectivity index (χ4v) is 5.89. The molecule has 0 aromatic heterocycles. The number of aryl methyl sites for hydroxylation is 1. The smallest absolute Gasteiger partial charge is 0.264 e. The summed E-state index contributed by atoms with van der Waals surface area (Å²) < 4.78 is 28.9. The number of nitrogens with one attached hydrogen (secondary N) is 1. The molecule has 0 saturated heterocycles. The van der Waals surface area contributed by atoms with Crippen LogP contribution >= 0.6 is 0 Å². The van der Waals surface area contributed by atoms with Crippen molar-refractivity contribution in [2.45, 2.75) is 64.4 Å². The molecule has 208 valence electrons. The van der Waals surface area contributed by atoms with Crippen molar-refractivity contribution in [1.82, 2.24) is 10.2 Å². The van der Waals surface area contributed by atoms with Gasteiger partial charge in [-0.25, -0.2) is 8.42 Å². The molecule has 2 amide bonds. The predicted octanol–water partition coefficient (Wildman–Crippen LogP) is 5.26. The van der Waals surface area contributed by atoms with Crippen LogP contribution in [0.2, 0.25) is 0 Å². The Morgan fingerprint density at radius 3 is 2.05 bits per heavy atom. The molecule has 3 aromatic carbocycles. The molecule has 3 rings (SSSR count). The fraction of sp³-hybridized carbons (Fsp3) is 0.355. The fourth-order valence-electron chi connectivity index (χ4n) is 4.46. The van der Waals surface area contributed by atoms with Gasteiger partial charge in [0.15, 0.2) is 0 Å². The molecule has 0 spiro atoms. The van der Waals surface area contributed by atoms with Crippen molar-refractivity contribution in [2.75, 3.05) is 17.4 Å². The highest BCUT2D eigenvalue weighted by Crippen LogP contribution is 2.27. The van der Waals surface area contributed by atoms with Gasteiger partial charge in [-0.1, -0.05) is 75.4 Å². The van der Waals surface area contributed by atoms with Crippen molar-refractivity contribution < 1.29 is 18.0 Å². The molecule has 0 radical (unpaired) electrons. The summed E-state index contributed by atoms with van der Waals surface area (Å²) in [6, 6.07) is 22.2. The van der Waals surface area contributed by atoms with Crippen LogP contribution in [0, 0.1) is 6.92 Å². The maximum Gasteiger partial charge on any atom is 0.264 e. The number of benzene rings is 3. The third-order valence-corrected chi connectivity index (χ3v) is 8.58. The zero-order valence-corrected chi connectivity index (χ0v) is 24.2. The van der Waals surface area contributed by atoms with Gasteiger partial charge in [0.05, 0.1) is 10.6 Å². The molecule has 0 heterocycles. The Labute approximate surface area is 232 Å². The number of carbonyl (C=O) groups excluding carboxylic acids is 2. The summed E-state index contributed by atoms with van der Waals surface area (Å²) in [4.78, 5) is 28.7. The average Bonchev–Trinajstić information content (AvgIpc) is 2.93. The molecular weight excluding hydrogens is 510 g/mol. The van der Waals surface area contributed by atoms with Gasteiger partial charge in [-0.2, -0.15) is 0 Å². The first-order valence-electron chi connectivity index (χ1n) is 13.4. The largest absolute Gasteiger partial charge is 0.355 e. The van der Waals surface area contributed by atoms with Gasteiger partial charge in [-0.15, -0.1) is 0 Å². The van der Waals surface area contributed by atoms with Gasteiger partial charge in [0.1, 0.15) is 12.6 Å². The Hall–Kier alpha value is -3.65. The molecule has 0 unspecified atom stereocenters. The lowest BCUT2D eigenvalue weighted by Crippen LogP contribution is -2.52. The molecule has 0 aliphatic rings. The Kier molecular flexibility index (Phi) is 10.3. The molecule has 0 bridgehead atoms. The molecule has 39 heavy (non-hydrogen) atoms. The van der Waals surface area contributed by atoms with Crippen LogP contribution in [-0.2, 0) is 26.2 Å². The van der Waals surface area contributed by atoms with E-state index < -0.39 is 28.5 Å². The minimum Gasteiger partial charge on any atom is -0.355 e. The second-order valence-corrected chi connectivity index (χ2v) is 11.7. The van der Waals surface area contributed by atoms with Crippen molar-refractivity contribution in [3.63, 3.8) is 0 Å². The number of carbonyl (C=O) groups is 2. The van der Waals surface area contributed by atoms with E-state index in [0.717, 1.165) is 21.0 Å². The summed E-state index contributed by atoms with van der Waals surface area (Å²) in [5.74, 6) is -0.448. The Balaban J connectivity index is 2.07. The molecule has 0 fully saturated rings. The first kappa shape index (κ1) is 29.9. The molecule has 3 aromatic rings. The van der Waals surface area contributed by atoms with Gasteiger partial charge < -0.3 is 10.2 Å². The standard InChI is InChI=1S/C31H39N3O4S/c1-6-29(31(36)32-7-2)33(21-26-14-12-11-13-24(26)5)30(35)22-34(27-19-17-25(18-20-27)23(3)4)39(37,38)28-15-9-8-10-16-28/h8-20,23,29H,6-7,21-22H2,1-5H3,(H,32,36)/t29-/m1/s1. The maximum absolute atomic E-state index is 14.0. The van der Waals surface area contributed by atoms with Gasteiger partial charge in [-0.05, 0) is 67.1 Å². The monoisotopic (exact) mass is 549 g/mol. The minimum absolute atomic E-state index is 0.0898. The first-order chi connectivity index (χ1) is 18.6. The quantitative estimate of drug-likeness (QED) is 0.334. The number of sulfonamides is 1. The van der Waals surface area contributed by atoms with E-state index in [0.29, 0.717) is 18.7 Å². The molecule has 7 nitrogen and oxygen atoms in total. The number of hydrogen-bond acceptors (Lipinski definition) is 4. The van der Waals surface area contributed by atoms with E-state index in [-0.39, 0.29) is 23.3 Å². The third-order valence-electron chi connectivity index (χ3n) is 6.80. The van der Waals surface area contributed by atoms with Crippen LogP contribution in [0.1, 0.15) is 56.7 Å². The van der Waals surface area contributed by atoms with Gasteiger partial charge in [0.25, 0.3) is 10.0 Å². The first-order valence-corrected chi connectivity index (χ1v) is 14.8. The molecule has 0 saturated carbocycles. The van der Waals surface area contributed by atoms with Crippen LogP contribution in [0.3, 0.4) is 0 Å². The van der Waals surface area contributed by atoms with Crippen molar-refractivity contribution in [1.29, 1.82) is 0 Å². The number of nitrogens with zero attached hydrogens (tertiary/aromatic N) is 2. The van der Waals surface area contributed by atoms with Crippen LogP contribution in [0.5, 0.6) is 0 Å². The summed E-state index contributed by atoms with van der Waals surface area (Å²) >= 11 is 0. The van der Waals surface area contributed by atoms with Crippen LogP contribution in [-0.4, -0.2) is 44.3 Å². The lowest BCUT2D eigenvalue weighted by Gasteiger charge is -2.33. The molecule has 8 heteroatoms. The second-order valence-electron chi connectivity index (χ2n) is 9.84. The van der Waals surface area contributed by atoms with E-state index in [9.17, 15) is 18.0 Å². The summed E-state index contributed by atoms with van der Waals surface area (Å²) in [6.45, 7) is 9.92. The molecule has 0 aliphatic heterocycles. The van der Waals surface area contributed by atoms with E-state index in [1.54, 1.807) is 30.3 Å². The highest BCUT2D eigenvalue weighted by Gasteiger charge is 2.33. The van der Waals surface area contributed by atoms with Crippen LogP contribution < -0.4 is 9.62 Å². The third kappa shape index (κ3) is 7.26. The average molecular weight is 550 g/mol. The van der Waals surface area contributed by atoms with Gasteiger partial charge in [0, 0.05) is 13.1 Å². The number of likely N-dealkylation sites (N-methyl/N-ethyl adjacent to an activating group) is 1. The Bertz CT molecular complexity index is 1360. The lowest BCUT2D eigenvalue weighted by atomic mass is 10.0. The highest BCUT2D eigenvalue weighted by molar-refractivity contribution is 7.92. The normalized spacial score (nSPS) is 12.2. The van der Waals surface area contributed by atoms with E-state index in [1.807, 2.05) is 57.2 Å². The molecular formula is C31H39N3O4S. The number of amides is 2. The summed E-state index contributed by atoms with van der Waals surface area (Å²) in [6.07, 6.45) is 0.387. The number of hydrogen-bond donors (Lipinski definition) is 1. The maximum atomic E-state index is 14.0. The SMILES string of the molecule is CCNC(=O)[C@@H](CC)N(Cc1ccccc1C)C(=O)CN(c1ccc(C(C)C)cc1)S(=O)(=O)c1ccccc1. The summed E-state index contributed by atoms with van der Waals surface area (Å²) in [5, 5.41) is 2.83. The van der Waals surface area contributed by atoms with E-state index >= 15 is 0 Å². The van der Waals surface area contributed by atoms with Crippen LogP contribution in [0.15, 0.2) is 83.8 Å². The van der Waals surface area contributed by atoms with Gasteiger partial charge >= 0.3 is 0 Å². The minimum atomic E-state index is -4.07. The van der Waals surface area contributed by atoms with Gasteiger partial charge in [0.2, 0.25) is 11.8 Å². The molecule has 1 N–H and O–H groups in total. The van der Waals surface area contributed by atoms with Gasteiger partial charge in [-0.3, -0.25) is 13.9 Å². The van der Waals surface area contributed by atoms with Crippen molar-refractivity contribution in [2.24, 2.45) is 0 Å². The number of anilines is 1. The Morgan fingerprint density at radius 2 is 1.49 bits per heavy atom. The van der Waals surface area contributed by atoms with Crippen molar-refractivity contribution in [3.8, 4) is 0 Å². The second kappa shape index (κ2) is 13.4. The van der Waals surface area contributed by atoms with Crippen LogP contribution in [0.4, 0.5) is 5.69 Å². The topological polar surface area (TPSA) is 86.8 Å². The Morgan fingerprint density at radius 1 is 0.872 bits per heavy atom. The van der Waals surface area contributed by atoms with E-state index in [4.69, 9.17) is 0 Å². The summed E-state index contributed by atoms with van der Waals surface area (Å²) in [5.41, 5.74) is 3.33. The highest BCUT2D eigenvalue weighted by atomic mass is 32.2.